The predicted octanol–water partition coefficient (Wildman–Crippen LogP) is 4.14. The maximum atomic E-state index is 5.39. The molecule has 0 rings (SSSR count). The maximum absolute atomic E-state index is 5.39. The minimum atomic E-state index is 0.753. The summed E-state index contributed by atoms with van der Waals surface area (Å²) in [4.78, 5) is 0. The van der Waals surface area contributed by atoms with Crippen molar-refractivity contribution in [1.82, 2.24) is 0 Å². The van der Waals surface area contributed by atoms with Gasteiger partial charge in [0, 0.05) is 0 Å². The molecule has 0 aromatic rings. The van der Waals surface area contributed by atoms with Crippen LogP contribution < -0.4 is 0 Å². The highest BCUT2D eigenvalue weighted by molar-refractivity contribution is 4.66. The third kappa shape index (κ3) is 7.89. The van der Waals surface area contributed by atoms with Crippen LogP contribution in [-0.4, -0.2) is 6.61 Å². The van der Waals surface area contributed by atoms with E-state index < -0.39 is 0 Å². The molecule has 0 aromatic carbocycles. The third-order valence-corrected chi connectivity index (χ3v) is 2.36. The molecule has 1 heteroatoms. The monoisotopic (exact) mass is 184 g/mol. The summed E-state index contributed by atoms with van der Waals surface area (Å²) in [7, 11) is 0. The number of ether oxygens (including phenoxy) is 1. The summed E-state index contributed by atoms with van der Waals surface area (Å²) in [6.45, 7) is 7.37. The van der Waals surface area contributed by atoms with Gasteiger partial charge in [-0.05, 0) is 19.3 Å². The van der Waals surface area contributed by atoms with Crippen molar-refractivity contribution >= 4 is 0 Å². The molecule has 1 atom stereocenters. The lowest BCUT2D eigenvalue weighted by Gasteiger charge is -2.13. The van der Waals surface area contributed by atoms with E-state index >= 15 is 0 Å². The molecule has 0 saturated carbocycles. The van der Waals surface area contributed by atoms with Crippen molar-refractivity contribution in [2.75, 3.05) is 6.61 Å². The zero-order chi connectivity index (χ0) is 9.94. The molecule has 0 aliphatic carbocycles. The number of allylic oxidation sites excluding steroid dienone is 1. The zero-order valence-corrected chi connectivity index (χ0v) is 9.38. The van der Waals surface area contributed by atoms with Gasteiger partial charge < -0.3 is 4.74 Å². The molecule has 0 aromatic heterocycles. The Bertz CT molecular complexity index is 118. The Kier molecular flexibility index (Phi) is 9.29. The van der Waals surface area contributed by atoms with Crippen LogP contribution in [0.15, 0.2) is 12.3 Å². The molecule has 1 unspecified atom stereocenters. The van der Waals surface area contributed by atoms with Gasteiger partial charge in [0.15, 0.2) is 0 Å². The second kappa shape index (κ2) is 9.63. The van der Waals surface area contributed by atoms with Crippen molar-refractivity contribution in [1.29, 1.82) is 0 Å². The first kappa shape index (κ1) is 12.5. The van der Waals surface area contributed by atoms with Crippen LogP contribution in [0.1, 0.15) is 52.9 Å². The fourth-order valence-corrected chi connectivity index (χ4v) is 1.38. The molecule has 0 saturated heterocycles. The lowest BCUT2D eigenvalue weighted by molar-refractivity contribution is 0.182. The van der Waals surface area contributed by atoms with Crippen LogP contribution in [-0.2, 0) is 4.74 Å². The maximum Gasteiger partial charge on any atom is 0.0901 e. The number of rotatable bonds is 8. The van der Waals surface area contributed by atoms with Crippen molar-refractivity contribution in [3.8, 4) is 0 Å². The van der Waals surface area contributed by atoms with Crippen molar-refractivity contribution in [2.45, 2.75) is 52.9 Å². The standard InChI is InChI=1S/C12H24O/c1-4-7-8-9-12(6-3)11-13-10-5-2/h5,10,12H,4,6-9,11H2,1-3H3. The van der Waals surface area contributed by atoms with Gasteiger partial charge in [-0.15, -0.1) is 0 Å². The molecular formula is C12H24O. The zero-order valence-electron chi connectivity index (χ0n) is 9.38. The molecule has 0 amide bonds. The molecule has 1 nitrogen and oxygen atoms in total. The average Bonchev–Trinajstić information content (AvgIpc) is 2.16. The van der Waals surface area contributed by atoms with E-state index in [1.807, 2.05) is 13.0 Å². The van der Waals surface area contributed by atoms with Crippen LogP contribution in [0.25, 0.3) is 0 Å². The first-order valence-electron chi connectivity index (χ1n) is 5.57. The lowest BCUT2D eigenvalue weighted by atomic mass is 10.00. The Labute approximate surface area is 83.2 Å². The molecule has 0 bridgehead atoms. The van der Waals surface area contributed by atoms with Gasteiger partial charge in [0.2, 0.25) is 0 Å². The SMILES string of the molecule is CC=COCC(CC)CCCCC. The summed E-state index contributed by atoms with van der Waals surface area (Å²) in [5.41, 5.74) is 0. The largest absolute Gasteiger partial charge is 0.501 e. The van der Waals surface area contributed by atoms with Gasteiger partial charge in [-0.2, -0.15) is 0 Å². The quantitative estimate of drug-likeness (QED) is 0.407. The number of hydrogen-bond acceptors (Lipinski definition) is 1. The van der Waals surface area contributed by atoms with Crippen LogP contribution in [0.2, 0.25) is 0 Å². The van der Waals surface area contributed by atoms with Crippen LogP contribution >= 0.6 is 0 Å². The Hall–Kier alpha value is -0.460. The summed E-state index contributed by atoms with van der Waals surface area (Å²) < 4.78 is 5.39. The van der Waals surface area contributed by atoms with Crippen LogP contribution in [0, 0.1) is 5.92 Å². The molecule has 0 N–H and O–H groups in total. The minimum Gasteiger partial charge on any atom is -0.501 e. The van der Waals surface area contributed by atoms with Gasteiger partial charge >= 0.3 is 0 Å². The topological polar surface area (TPSA) is 9.23 Å². The molecule has 0 radical (unpaired) electrons. The van der Waals surface area contributed by atoms with E-state index in [0.29, 0.717) is 0 Å². The Morgan fingerprint density at radius 2 is 2.00 bits per heavy atom. The normalized spacial score (nSPS) is 13.5. The average molecular weight is 184 g/mol. The Balaban J connectivity index is 3.39. The number of unbranched alkanes of at least 4 members (excludes halogenated alkanes) is 2. The molecule has 0 aliphatic rings. The van der Waals surface area contributed by atoms with Crippen LogP contribution in [0.5, 0.6) is 0 Å². The lowest BCUT2D eigenvalue weighted by Crippen LogP contribution is -2.06. The molecule has 0 heterocycles. The predicted molar refractivity (Wildman–Crippen MR) is 58.7 cm³/mol. The fourth-order valence-electron chi connectivity index (χ4n) is 1.38. The van der Waals surface area contributed by atoms with Crippen LogP contribution in [0.3, 0.4) is 0 Å². The smallest absolute Gasteiger partial charge is 0.0901 e. The summed E-state index contributed by atoms with van der Waals surface area (Å²) in [5, 5.41) is 0. The first-order chi connectivity index (χ1) is 6.35. The molecular weight excluding hydrogens is 160 g/mol. The highest BCUT2D eigenvalue weighted by Gasteiger charge is 2.04. The first-order valence-corrected chi connectivity index (χ1v) is 5.57. The van der Waals surface area contributed by atoms with E-state index in [4.69, 9.17) is 4.74 Å². The minimum absolute atomic E-state index is 0.753. The Morgan fingerprint density at radius 1 is 1.23 bits per heavy atom. The van der Waals surface area contributed by atoms with Gasteiger partial charge in [0.05, 0.1) is 12.9 Å². The van der Waals surface area contributed by atoms with Crippen molar-refractivity contribution in [2.24, 2.45) is 5.92 Å². The van der Waals surface area contributed by atoms with Crippen LogP contribution in [0.4, 0.5) is 0 Å². The van der Waals surface area contributed by atoms with Gasteiger partial charge in [-0.3, -0.25) is 0 Å². The van der Waals surface area contributed by atoms with Gasteiger partial charge in [0.25, 0.3) is 0 Å². The molecule has 0 spiro atoms. The molecule has 0 aliphatic heterocycles. The van der Waals surface area contributed by atoms with Gasteiger partial charge in [-0.25, -0.2) is 0 Å². The fraction of sp³-hybridized carbons (Fsp3) is 0.833. The number of hydrogen-bond donors (Lipinski definition) is 0. The van der Waals surface area contributed by atoms with E-state index in [-0.39, 0.29) is 0 Å². The molecule has 0 fully saturated rings. The van der Waals surface area contributed by atoms with E-state index in [1.54, 1.807) is 6.26 Å². The summed E-state index contributed by atoms with van der Waals surface area (Å²) >= 11 is 0. The van der Waals surface area contributed by atoms with E-state index in [0.717, 1.165) is 12.5 Å². The van der Waals surface area contributed by atoms with Gasteiger partial charge in [0.1, 0.15) is 0 Å². The third-order valence-electron chi connectivity index (χ3n) is 2.36. The summed E-state index contributed by atoms with van der Waals surface area (Å²) in [5.74, 6) is 0.753. The van der Waals surface area contributed by atoms with Crippen molar-refractivity contribution < 1.29 is 4.74 Å². The van der Waals surface area contributed by atoms with E-state index in [2.05, 4.69) is 13.8 Å². The van der Waals surface area contributed by atoms with Crippen molar-refractivity contribution in [3.05, 3.63) is 12.3 Å². The Morgan fingerprint density at radius 3 is 2.54 bits per heavy atom. The second-order valence-corrected chi connectivity index (χ2v) is 3.57. The molecule has 13 heavy (non-hydrogen) atoms. The van der Waals surface area contributed by atoms with Crippen molar-refractivity contribution in [3.63, 3.8) is 0 Å². The van der Waals surface area contributed by atoms with E-state index in [1.165, 1.54) is 32.1 Å². The highest BCUT2D eigenvalue weighted by Crippen LogP contribution is 2.13. The second-order valence-electron chi connectivity index (χ2n) is 3.57. The van der Waals surface area contributed by atoms with E-state index in [9.17, 15) is 0 Å². The summed E-state index contributed by atoms with van der Waals surface area (Å²) in [6, 6.07) is 0. The highest BCUT2D eigenvalue weighted by atomic mass is 16.5. The summed E-state index contributed by atoms with van der Waals surface area (Å²) in [6.07, 6.45) is 10.3. The van der Waals surface area contributed by atoms with Gasteiger partial charge in [-0.1, -0.05) is 45.6 Å². The molecule has 78 valence electrons.